The van der Waals surface area contributed by atoms with Crippen molar-refractivity contribution in [3.63, 3.8) is 0 Å². The van der Waals surface area contributed by atoms with Crippen LogP contribution in [0, 0.1) is 11.8 Å². The summed E-state index contributed by atoms with van der Waals surface area (Å²) < 4.78 is 39.3. The van der Waals surface area contributed by atoms with Crippen LogP contribution in [0.25, 0.3) is 0 Å². The van der Waals surface area contributed by atoms with Gasteiger partial charge in [-0.2, -0.15) is 13.2 Å². The number of nitrogens with one attached hydrogen (secondary N) is 1. The maximum absolute atomic E-state index is 13.0. The lowest BCUT2D eigenvalue weighted by Crippen LogP contribution is -2.31. The van der Waals surface area contributed by atoms with Gasteiger partial charge in [0.2, 0.25) is 0 Å². The fraction of sp³-hybridized carbons (Fsp3) is 0.533. The van der Waals surface area contributed by atoms with E-state index < -0.39 is 17.6 Å². The largest absolute Gasteiger partial charge is 0.417 e. The summed E-state index contributed by atoms with van der Waals surface area (Å²) in [7, 11) is 0. The molecule has 6 heteroatoms. The van der Waals surface area contributed by atoms with Gasteiger partial charge in [0, 0.05) is 11.0 Å². The Kier molecular flexibility index (Phi) is 4.96. The van der Waals surface area contributed by atoms with Crippen molar-refractivity contribution < 1.29 is 18.0 Å². The molecule has 2 nitrogen and oxygen atoms in total. The Morgan fingerprint density at radius 1 is 1.38 bits per heavy atom. The average molecular weight is 364 g/mol. The van der Waals surface area contributed by atoms with E-state index in [1.807, 2.05) is 0 Å². The zero-order valence-electron chi connectivity index (χ0n) is 11.6. The van der Waals surface area contributed by atoms with Gasteiger partial charge in [-0.1, -0.05) is 35.7 Å². The fourth-order valence-electron chi connectivity index (χ4n) is 2.79. The molecule has 1 fully saturated rings. The Hall–Kier alpha value is -1.04. The van der Waals surface area contributed by atoms with Crippen molar-refractivity contribution in [2.24, 2.45) is 11.8 Å². The van der Waals surface area contributed by atoms with E-state index in [0.29, 0.717) is 22.9 Å². The summed E-state index contributed by atoms with van der Waals surface area (Å²) in [6.45, 7) is 2.55. The highest BCUT2D eigenvalue weighted by molar-refractivity contribution is 9.10. The first-order valence-electron chi connectivity index (χ1n) is 6.94. The lowest BCUT2D eigenvalue weighted by Gasteiger charge is -2.17. The number of benzene rings is 1. The van der Waals surface area contributed by atoms with Crippen LogP contribution >= 0.6 is 15.9 Å². The second kappa shape index (κ2) is 6.38. The molecule has 0 aliphatic heterocycles. The van der Waals surface area contributed by atoms with Crippen molar-refractivity contribution in [3.8, 4) is 0 Å². The van der Waals surface area contributed by atoms with Crippen molar-refractivity contribution in [1.82, 2.24) is 5.32 Å². The molecule has 0 spiro atoms. The summed E-state index contributed by atoms with van der Waals surface area (Å²) in [6, 6.07) is 3.59. The van der Waals surface area contributed by atoms with E-state index in [1.54, 1.807) is 0 Å². The fourth-order valence-corrected chi connectivity index (χ4v) is 3.15. The maximum atomic E-state index is 13.0. The summed E-state index contributed by atoms with van der Waals surface area (Å²) in [4.78, 5) is 12.1. The minimum atomic E-state index is -4.54. The van der Waals surface area contributed by atoms with Gasteiger partial charge in [0.25, 0.3) is 5.91 Å². The smallest absolute Gasteiger partial charge is 0.352 e. The molecule has 1 aliphatic rings. The van der Waals surface area contributed by atoms with Crippen LogP contribution in [-0.4, -0.2) is 12.5 Å². The highest BCUT2D eigenvalue weighted by atomic mass is 79.9. The molecule has 0 saturated heterocycles. The Bertz CT molecular complexity index is 530. The van der Waals surface area contributed by atoms with Crippen molar-refractivity contribution >= 4 is 21.8 Å². The molecule has 116 valence electrons. The zero-order valence-corrected chi connectivity index (χ0v) is 13.2. The Labute approximate surface area is 130 Å². The number of rotatable bonds is 3. The minimum Gasteiger partial charge on any atom is -0.352 e. The summed E-state index contributed by atoms with van der Waals surface area (Å²) in [5, 5.41) is 2.65. The molecule has 21 heavy (non-hydrogen) atoms. The number of hydrogen-bond acceptors (Lipinski definition) is 1. The first-order valence-corrected chi connectivity index (χ1v) is 7.73. The number of halogens is 4. The molecular formula is C15H17BrF3NO. The molecule has 1 saturated carbocycles. The van der Waals surface area contributed by atoms with Crippen molar-refractivity contribution in [3.05, 3.63) is 33.8 Å². The van der Waals surface area contributed by atoms with Crippen LogP contribution in [0.3, 0.4) is 0 Å². The predicted molar refractivity (Wildman–Crippen MR) is 78.0 cm³/mol. The molecule has 2 atom stereocenters. The normalized spacial score (nSPS) is 22.3. The van der Waals surface area contributed by atoms with Gasteiger partial charge in [0.1, 0.15) is 0 Å². The van der Waals surface area contributed by atoms with Crippen molar-refractivity contribution in [2.45, 2.75) is 32.4 Å². The predicted octanol–water partition coefficient (Wildman–Crippen LogP) is 4.63. The molecule has 1 N–H and O–H groups in total. The number of hydrogen-bond donors (Lipinski definition) is 1. The van der Waals surface area contributed by atoms with Gasteiger partial charge in [-0.15, -0.1) is 0 Å². The van der Waals surface area contributed by atoms with Crippen molar-refractivity contribution in [1.29, 1.82) is 0 Å². The van der Waals surface area contributed by atoms with Crippen LogP contribution < -0.4 is 5.32 Å². The monoisotopic (exact) mass is 363 g/mol. The Morgan fingerprint density at radius 3 is 2.67 bits per heavy atom. The number of carbonyl (C=O) groups excluding carboxylic acids is 1. The zero-order chi connectivity index (χ0) is 15.6. The standard InChI is InChI=1S/C15H17BrF3NO/c1-9-3-2-4-10(9)8-20-14(21)12-6-5-11(16)7-13(12)15(17,18)19/h5-7,9-10H,2-4,8H2,1H3,(H,20,21). The van der Waals surface area contributed by atoms with Gasteiger partial charge in [-0.3, -0.25) is 4.79 Å². The molecule has 0 bridgehead atoms. The van der Waals surface area contributed by atoms with E-state index in [4.69, 9.17) is 0 Å². The molecule has 0 aromatic heterocycles. The molecule has 0 heterocycles. The van der Waals surface area contributed by atoms with Crippen LogP contribution in [0.5, 0.6) is 0 Å². The third kappa shape index (κ3) is 3.99. The van der Waals surface area contributed by atoms with E-state index in [0.717, 1.165) is 25.3 Å². The third-order valence-corrected chi connectivity index (χ3v) is 4.59. The van der Waals surface area contributed by atoms with E-state index in [2.05, 4.69) is 28.2 Å². The summed E-state index contributed by atoms with van der Waals surface area (Å²) in [6.07, 6.45) is -1.29. The van der Waals surface area contributed by atoms with Gasteiger partial charge >= 0.3 is 6.18 Å². The molecule has 1 amide bonds. The molecule has 1 aliphatic carbocycles. The van der Waals surface area contributed by atoms with Gasteiger partial charge in [-0.25, -0.2) is 0 Å². The van der Waals surface area contributed by atoms with E-state index >= 15 is 0 Å². The lowest BCUT2D eigenvalue weighted by molar-refractivity contribution is -0.138. The average Bonchev–Trinajstić information content (AvgIpc) is 2.80. The van der Waals surface area contributed by atoms with Crippen LogP contribution in [0.1, 0.15) is 42.1 Å². The Balaban J connectivity index is 2.12. The maximum Gasteiger partial charge on any atom is 0.417 e. The number of alkyl halides is 3. The topological polar surface area (TPSA) is 29.1 Å². The first-order chi connectivity index (χ1) is 9.79. The SMILES string of the molecule is CC1CCCC1CNC(=O)c1ccc(Br)cc1C(F)(F)F. The number of carbonyl (C=O) groups is 1. The molecule has 1 aromatic rings. The first kappa shape index (κ1) is 16.3. The van der Waals surface area contributed by atoms with Crippen molar-refractivity contribution in [2.75, 3.05) is 6.54 Å². The second-order valence-electron chi connectivity index (χ2n) is 5.57. The van der Waals surface area contributed by atoms with E-state index in [-0.39, 0.29) is 5.56 Å². The van der Waals surface area contributed by atoms with Gasteiger partial charge in [0.05, 0.1) is 11.1 Å². The molecular weight excluding hydrogens is 347 g/mol. The van der Waals surface area contributed by atoms with E-state index in [1.165, 1.54) is 12.1 Å². The molecule has 2 rings (SSSR count). The van der Waals surface area contributed by atoms with Crippen LogP contribution in [-0.2, 0) is 6.18 Å². The highest BCUT2D eigenvalue weighted by Crippen LogP contribution is 2.34. The van der Waals surface area contributed by atoms with Crippen LogP contribution in [0.2, 0.25) is 0 Å². The lowest BCUT2D eigenvalue weighted by atomic mass is 9.98. The van der Waals surface area contributed by atoms with Gasteiger partial charge < -0.3 is 5.32 Å². The molecule has 1 aromatic carbocycles. The molecule has 0 radical (unpaired) electrons. The highest BCUT2D eigenvalue weighted by Gasteiger charge is 2.35. The van der Waals surface area contributed by atoms with Gasteiger partial charge in [0.15, 0.2) is 0 Å². The Morgan fingerprint density at radius 2 is 2.10 bits per heavy atom. The quantitative estimate of drug-likeness (QED) is 0.832. The summed E-state index contributed by atoms with van der Waals surface area (Å²) in [5.74, 6) is 0.213. The van der Waals surface area contributed by atoms with Crippen LogP contribution in [0.15, 0.2) is 22.7 Å². The number of amides is 1. The molecule has 2 unspecified atom stereocenters. The van der Waals surface area contributed by atoms with E-state index in [9.17, 15) is 18.0 Å². The summed E-state index contributed by atoms with van der Waals surface area (Å²) >= 11 is 3.01. The third-order valence-electron chi connectivity index (χ3n) is 4.10. The van der Waals surface area contributed by atoms with Gasteiger partial charge in [-0.05, 0) is 36.5 Å². The van der Waals surface area contributed by atoms with Crippen LogP contribution in [0.4, 0.5) is 13.2 Å². The minimum absolute atomic E-state index is 0.302. The second-order valence-corrected chi connectivity index (χ2v) is 6.48. The summed E-state index contributed by atoms with van der Waals surface area (Å²) in [5.41, 5.74) is -1.23.